The molecule has 3 aromatic carbocycles. The van der Waals surface area contributed by atoms with Gasteiger partial charge < -0.3 is 9.79 Å². The predicted octanol–water partition coefficient (Wildman–Crippen LogP) is 7.92. The van der Waals surface area contributed by atoms with Crippen LogP contribution in [-0.4, -0.2) is 9.79 Å². The molecule has 0 saturated heterocycles. The maximum atomic E-state index is 13.4. The fraction of sp³-hybridized carbons (Fsp3) is 0.333. The SMILES string of the molecule is CCCc1ccc(S(c2ccc(CCC)cc2)(c2ccc(CCC)cc2)P(=O)(O)O)cc1. The van der Waals surface area contributed by atoms with Gasteiger partial charge in [-0.05, 0) is 72.4 Å². The molecule has 32 heavy (non-hydrogen) atoms. The second-order valence-corrected chi connectivity index (χ2v) is 14.9. The summed E-state index contributed by atoms with van der Waals surface area (Å²) in [4.78, 5) is 24.0. The standard InChI is InChI=1S/C27H35O3PS/c1-4-7-22-10-16-25(17-11-22)32(31(28,29)30,26-18-12-23(8-5-2)13-19-26)27-20-14-24(9-6-3)15-21-27/h10-21H,4-9H2,1-3H3,(H2,28,29,30). The molecule has 0 unspecified atom stereocenters. The first-order chi connectivity index (χ1) is 15.4. The summed E-state index contributed by atoms with van der Waals surface area (Å²) in [6.07, 6.45) is 5.97. The molecule has 0 aliphatic heterocycles. The van der Waals surface area contributed by atoms with Crippen LogP contribution < -0.4 is 0 Å². The van der Waals surface area contributed by atoms with Crippen LogP contribution in [-0.2, 0) is 23.8 Å². The van der Waals surface area contributed by atoms with Gasteiger partial charge in [-0.2, -0.15) is 0 Å². The molecule has 0 aromatic heterocycles. The first kappa shape index (κ1) is 24.8. The Morgan fingerprint density at radius 1 is 0.562 bits per heavy atom. The van der Waals surface area contributed by atoms with Crippen LogP contribution in [0.1, 0.15) is 56.7 Å². The van der Waals surface area contributed by atoms with E-state index >= 15 is 0 Å². The van der Waals surface area contributed by atoms with Crippen molar-refractivity contribution in [3.8, 4) is 0 Å². The van der Waals surface area contributed by atoms with E-state index in [1.807, 2.05) is 72.8 Å². The molecule has 0 radical (unpaired) electrons. The third-order valence-corrected chi connectivity index (χ3v) is 13.4. The zero-order chi connectivity index (χ0) is 23.2. The van der Waals surface area contributed by atoms with Gasteiger partial charge in [-0.3, -0.25) is 0 Å². The van der Waals surface area contributed by atoms with Crippen LogP contribution in [0.3, 0.4) is 0 Å². The van der Waals surface area contributed by atoms with E-state index in [-0.39, 0.29) is 0 Å². The Bertz CT molecular complexity index is 917. The van der Waals surface area contributed by atoms with Crippen molar-refractivity contribution in [2.75, 3.05) is 0 Å². The molecule has 0 bridgehead atoms. The average Bonchev–Trinajstić information content (AvgIpc) is 2.77. The molecule has 0 aliphatic carbocycles. The minimum atomic E-state index is -4.58. The lowest BCUT2D eigenvalue weighted by Gasteiger charge is -2.41. The second kappa shape index (κ2) is 10.9. The number of hydrogen-bond acceptors (Lipinski definition) is 1. The highest BCUT2D eigenvalue weighted by Crippen LogP contribution is 2.88. The van der Waals surface area contributed by atoms with Crippen LogP contribution in [0.4, 0.5) is 0 Å². The van der Waals surface area contributed by atoms with Gasteiger partial charge in [0.2, 0.25) is 0 Å². The van der Waals surface area contributed by atoms with E-state index in [9.17, 15) is 14.4 Å². The van der Waals surface area contributed by atoms with Gasteiger partial charge in [0, 0.05) is 14.7 Å². The molecule has 3 nitrogen and oxygen atoms in total. The molecule has 0 atom stereocenters. The number of rotatable bonds is 10. The molecule has 5 heteroatoms. The van der Waals surface area contributed by atoms with E-state index in [4.69, 9.17) is 0 Å². The molecule has 0 spiro atoms. The maximum Gasteiger partial charge on any atom is 0.378 e. The molecule has 0 amide bonds. The van der Waals surface area contributed by atoms with Crippen molar-refractivity contribution in [2.45, 2.75) is 74.0 Å². The van der Waals surface area contributed by atoms with E-state index in [2.05, 4.69) is 20.8 Å². The van der Waals surface area contributed by atoms with Gasteiger partial charge in [0.05, 0.1) is 0 Å². The summed E-state index contributed by atoms with van der Waals surface area (Å²) in [6, 6.07) is 23.7. The van der Waals surface area contributed by atoms with Crippen LogP contribution in [0.15, 0.2) is 87.5 Å². The largest absolute Gasteiger partial charge is 0.378 e. The van der Waals surface area contributed by atoms with Crippen molar-refractivity contribution in [1.29, 1.82) is 0 Å². The van der Waals surface area contributed by atoms with E-state index in [0.29, 0.717) is 14.7 Å². The Balaban J connectivity index is 2.26. The minimum absolute atomic E-state index is 0.706. The van der Waals surface area contributed by atoms with Crippen LogP contribution >= 0.6 is 16.4 Å². The van der Waals surface area contributed by atoms with Crippen LogP contribution in [0.25, 0.3) is 0 Å². The highest BCUT2D eigenvalue weighted by molar-refractivity contribution is 8.76. The lowest BCUT2D eigenvalue weighted by atomic mass is 10.1. The molecule has 0 heterocycles. The zero-order valence-electron chi connectivity index (χ0n) is 19.3. The molecular weight excluding hydrogens is 435 g/mol. The summed E-state index contributed by atoms with van der Waals surface area (Å²) in [5.74, 6) is 0. The van der Waals surface area contributed by atoms with Crippen molar-refractivity contribution in [1.82, 2.24) is 0 Å². The first-order valence-electron chi connectivity index (χ1n) is 11.5. The van der Waals surface area contributed by atoms with Gasteiger partial charge in [-0.1, -0.05) is 86.1 Å². The maximum absolute atomic E-state index is 13.4. The van der Waals surface area contributed by atoms with Gasteiger partial charge >= 0.3 is 6.80 Å². The Morgan fingerprint density at radius 2 is 0.812 bits per heavy atom. The summed E-state index contributed by atoms with van der Waals surface area (Å²) in [5.41, 5.74) is 3.56. The molecule has 0 saturated carbocycles. The lowest BCUT2D eigenvalue weighted by molar-refractivity contribution is 0.395. The molecular formula is C27H35O3PS. The number of benzene rings is 3. The predicted molar refractivity (Wildman–Crippen MR) is 136 cm³/mol. The summed E-state index contributed by atoms with van der Waals surface area (Å²) >= 11 is 0. The Kier molecular flexibility index (Phi) is 8.41. The van der Waals surface area contributed by atoms with Crippen LogP contribution in [0.5, 0.6) is 0 Å². The first-order valence-corrected chi connectivity index (χ1v) is 15.4. The Hall–Kier alpha value is -1.84. The summed E-state index contributed by atoms with van der Waals surface area (Å²) < 4.78 is 13.4. The lowest BCUT2D eigenvalue weighted by Crippen LogP contribution is -2.05. The van der Waals surface area contributed by atoms with Crippen molar-refractivity contribution in [3.05, 3.63) is 89.5 Å². The van der Waals surface area contributed by atoms with Gasteiger partial charge in [-0.15, -0.1) is 0 Å². The smallest absolute Gasteiger partial charge is 0.317 e. The Labute approximate surface area is 194 Å². The van der Waals surface area contributed by atoms with Crippen molar-refractivity contribution < 1.29 is 14.4 Å². The number of aryl methyl sites for hydroxylation is 3. The third-order valence-electron chi connectivity index (χ3n) is 5.77. The van der Waals surface area contributed by atoms with E-state index in [1.54, 1.807) is 0 Å². The molecule has 0 aliphatic rings. The van der Waals surface area contributed by atoms with Crippen LogP contribution in [0, 0.1) is 0 Å². The highest BCUT2D eigenvalue weighted by atomic mass is 32.8. The molecule has 0 fully saturated rings. The molecule has 3 rings (SSSR count). The summed E-state index contributed by atoms with van der Waals surface area (Å²) in [6.45, 7) is 1.82. The van der Waals surface area contributed by atoms with Gasteiger partial charge in [0.15, 0.2) is 0 Å². The van der Waals surface area contributed by atoms with Crippen molar-refractivity contribution >= 4 is 16.4 Å². The average molecular weight is 471 g/mol. The van der Waals surface area contributed by atoms with Gasteiger partial charge in [0.25, 0.3) is 0 Å². The van der Waals surface area contributed by atoms with Gasteiger partial charge in [0.1, 0.15) is 0 Å². The van der Waals surface area contributed by atoms with Crippen molar-refractivity contribution in [3.63, 3.8) is 0 Å². The quantitative estimate of drug-likeness (QED) is 0.296. The van der Waals surface area contributed by atoms with E-state index in [0.717, 1.165) is 38.5 Å². The van der Waals surface area contributed by atoms with Crippen molar-refractivity contribution in [2.24, 2.45) is 0 Å². The normalized spacial score (nSPS) is 12.7. The van der Waals surface area contributed by atoms with E-state index < -0.39 is 16.4 Å². The van der Waals surface area contributed by atoms with Gasteiger partial charge in [-0.25, -0.2) is 4.57 Å². The molecule has 172 valence electrons. The van der Waals surface area contributed by atoms with E-state index in [1.165, 1.54) is 16.7 Å². The number of hydrogen-bond donors (Lipinski definition) is 2. The minimum Gasteiger partial charge on any atom is -0.317 e. The molecule has 3 aromatic rings. The topological polar surface area (TPSA) is 57.5 Å². The summed E-state index contributed by atoms with van der Waals surface area (Å²) in [5, 5.41) is 0. The highest BCUT2D eigenvalue weighted by Gasteiger charge is 2.46. The summed E-state index contributed by atoms with van der Waals surface area (Å²) in [7, 11) is -2.78. The fourth-order valence-corrected chi connectivity index (χ4v) is 11.0. The van der Waals surface area contributed by atoms with Crippen LogP contribution in [0.2, 0.25) is 0 Å². The monoisotopic (exact) mass is 470 g/mol. The molecule has 2 N–H and O–H groups in total. The second-order valence-electron chi connectivity index (χ2n) is 8.25. The fourth-order valence-electron chi connectivity index (χ4n) is 4.25. The Morgan fingerprint density at radius 3 is 1.00 bits per heavy atom. The third kappa shape index (κ3) is 5.05. The zero-order valence-corrected chi connectivity index (χ0v) is 21.0.